The Balaban J connectivity index is 2.79. The molecule has 0 heterocycles. The number of hydrogen-bond donors (Lipinski definition) is 2. The second-order valence-corrected chi connectivity index (χ2v) is 6.99. The summed E-state index contributed by atoms with van der Waals surface area (Å²) in [5, 5.41) is 6.18. The van der Waals surface area contributed by atoms with Crippen LogP contribution in [-0.4, -0.2) is 24.6 Å². The quantitative estimate of drug-likeness (QED) is 0.822. The maximum atomic E-state index is 11.9. The lowest BCUT2D eigenvalue weighted by atomic mass is 10.1. The first-order valence-electron chi connectivity index (χ1n) is 7.16. The first kappa shape index (κ1) is 18.0. The molecular formula is C16H25BrN2O2. The molecule has 0 aliphatic heterocycles. The Morgan fingerprint density at radius 1 is 1.33 bits per heavy atom. The summed E-state index contributed by atoms with van der Waals surface area (Å²) in [6, 6.07) is 4.01. The molecule has 0 aliphatic rings. The number of halogens is 1. The third kappa shape index (κ3) is 6.48. The van der Waals surface area contributed by atoms with Gasteiger partial charge < -0.3 is 15.4 Å². The van der Waals surface area contributed by atoms with Crippen LogP contribution in [0.25, 0.3) is 0 Å². The average Bonchev–Trinajstić information content (AvgIpc) is 2.32. The summed E-state index contributed by atoms with van der Waals surface area (Å²) in [7, 11) is 0. The number of hydrogen-bond acceptors (Lipinski definition) is 3. The summed E-state index contributed by atoms with van der Waals surface area (Å²) < 4.78 is 6.77. The van der Waals surface area contributed by atoms with Crippen LogP contribution in [0.3, 0.4) is 0 Å². The Labute approximate surface area is 135 Å². The third-order valence-corrected chi connectivity index (χ3v) is 3.20. The fraction of sp³-hybridized carbons (Fsp3) is 0.562. The molecular weight excluding hydrogens is 332 g/mol. The van der Waals surface area contributed by atoms with Crippen molar-refractivity contribution in [1.82, 2.24) is 10.6 Å². The standard InChI is InChI=1S/C16H25BrN2O2/c1-6-18-9-12-8-13(17)7-11(2)15(12)21-10-14(20)19-16(3,4)5/h7-8,18H,6,9-10H2,1-5H3,(H,19,20). The predicted octanol–water partition coefficient (Wildman–Crippen LogP) is 3.16. The molecule has 1 rings (SSSR count). The zero-order valence-electron chi connectivity index (χ0n) is 13.5. The van der Waals surface area contributed by atoms with Gasteiger partial charge in [-0.05, 0) is 51.9 Å². The van der Waals surface area contributed by atoms with Gasteiger partial charge in [0, 0.05) is 22.1 Å². The largest absolute Gasteiger partial charge is 0.483 e. The maximum absolute atomic E-state index is 11.9. The molecule has 1 amide bonds. The van der Waals surface area contributed by atoms with Gasteiger partial charge >= 0.3 is 0 Å². The summed E-state index contributed by atoms with van der Waals surface area (Å²) in [5.74, 6) is 0.669. The molecule has 0 bridgehead atoms. The first-order chi connectivity index (χ1) is 9.73. The van der Waals surface area contributed by atoms with E-state index in [1.807, 2.05) is 39.8 Å². The highest BCUT2D eigenvalue weighted by Gasteiger charge is 2.15. The van der Waals surface area contributed by atoms with E-state index in [-0.39, 0.29) is 18.1 Å². The van der Waals surface area contributed by atoms with Gasteiger partial charge in [-0.25, -0.2) is 0 Å². The number of rotatable bonds is 6. The Bertz CT molecular complexity index is 496. The fourth-order valence-electron chi connectivity index (χ4n) is 1.99. The Morgan fingerprint density at radius 3 is 2.57 bits per heavy atom. The molecule has 1 aromatic carbocycles. The van der Waals surface area contributed by atoms with Crippen molar-refractivity contribution in [2.75, 3.05) is 13.2 Å². The number of amides is 1. The van der Waals surface area contributed by atoms with Gasteiger partial charge in [0.15, 0.2) is 6.61 Å². The van der Waals surface area contributed by atoms with Gasteiger partial charge in [0.1, 0.15) is 5.75 Å². The van der Waals surface area contributed by atoms with Gasteiger partial charge in [0.05, 0.1) is 0 Å². The molecule has 0 saturated carbocycles. The van der Waals surface area contributed by atoms with Crippen LogP contribution in [0, 0.1) is 6.92 Å². The molecule has 2 N–H and O–H groups in total. The van der Waals surface area contributed by atoms with Crippen molar-refractivity contribution in [3.8, 4) is 5.75 Å². The lowest BCUT2D eigenvalue weighted by Gasteiger charge is -2.21. The maximum Gasteiger partial charge on any atom is 0.258 e. The van der Waals surface area contributed by atoms with Gasteiger partial charge in [-0.1, -0.05) is 22.9 Å². The average molecular weight is 357 g/mol. The number of carbonyl (C=O) groups is 1. The summed E-state index contributed by atoms with van der Waals surface area (Å²) in [4.78, 5) is 11.9. The van der Waals surface area contributed by atoms with Gasteiger partial charge in [-0.15, -0.1) is 0 Å². The second-order valence-electron chi connectivity index (χ2n) is 6.08. The van der Waals surface area contributed by atoms with Crippen molar-refractivity contribution in [3.05, 3.63) is 27.7 Å². The lowest BCUT2D eigenvalue weighted by molar-refractivity contribution is -0.124. The highest BCUT2D eigenvalue weighted by Crippen LogP contribution is 2.28. The van der Waals surface area contributed by atoms with Gasteiger partial charge in [-0.3, -0.25) is 4.79 Å². The number of aryl methyl sites for hydroxylation is 1. The normalized spacial score (nSPS) is 11.3. The molecule has 0 aromatic heterocycles. The zero-order chi connectivity index (χ0) is 16.0. The van der Waals surface area contributed by atoms with E-state index in [9.17, 15) is 4.79 Å². The Morgan fingerprint density at radius 2 is 2.00 bits per heavy atom. The van der Waals surface area contributed by atoms with E-state index in [4.69, 9.17) is 4.74 Å². The summed E-state index contributed by atoms with van der Waals surface area (Å²) in [6.45, 7) is 11.5. The molecule has 0 aliphatic carbocycles. The van der Waals surface area contributed by atoms with Crippen molar-refractivity contribution >= 4 is 21.8 Å². The monoisotopic (exact) mass is 356 g/mol. The van der Waals surface area contributed by atoms with Crippen LogP contribution in [0.2, 0.25) is 0 Å². The SMILES string of the molecule is CCNCc1cc(Br)cc(C)c1OCC(=O)NC(C)(C)C. The minimum atomic E-state index is -0.248. The van der Waals surface area contributed by atoms with Crippen molar-refractivity contribution < 1.29 is 9.53 Å². The van der Waals surface area contributed by atoms with Crippen molar-refractivity contribution in [1.29, 1.82) is 0 Å². The van der Waals surface area contributed by atoms with Crippen LogP contribution >= 0.6 is 15.9 Å². The van der Waals surface area contributed by atoms with Crippen molar-refractivity contribution in [2.45, 2.75) is 46.7 Å². The highest BCUT2D eigenvalue weighted by molar-refractivity contribution is 9.10. The third-order valence-electron chi connectivity index (χ3n) is 2.74. The zero-order valence-corrected chi connectivity index (χ0v) is 15.1. The van der Waals surface area contributed by atoms with E-state index in [1.54, 1.807) is 0 Å². The van der Waals surface area contributed by atoms with E-state index >= 15 is 0 Å². The molecule has 0 fully saturated rings. The van der Waals surface area contributed by atoms with E-state index < -0.39 is 0 Å². The molecule has 4 nitrogen and oxygen atoms in total. The number of benzene rings is 1. The smallest absolute Gasteiger partial charge is 0.258 e. The molecule has 0 unspecified atom stereocenters. The highest BCUT2D eigenvalue weighted by atomic mass is 79.9. The van der Waals surface area contributed by atoms with Crippen molar-refractivity contribution in [3.63, 3.8) is 0 Å². The predicted molar refractivity (Wildman–Crippen MR) is 89.7 cm³/mol. The fourth-order valence-corrected chi connectivity index (χ4v) is 2.61. The lowest BCUT2D eigenvalue weighted by Crippen LogP contribution is -2.43. The molecule has 0 spiro atoms. The minimum Gasteiger partial charge on any atom is -0.483 e. The van der Waals surface area contributed by atoms with E-state index in [0.29, 0.717) is 6.54 Å². The molecule has 0 atom stereocenters. The van der Waals surface area contributed by atoms with Gasteiger partial charge in [0.25, 0.3) is 5.91 Å². The summed E-state index contributed by atoms with van der Waals surface area (Å²) >= 11 is 3.50. The van der Waals surface area contributed by atoms with Gasteiger partial charge in [0.2, 0.25) is 0 Å². The van der Waals surface area contributed by atoms with E-state index in [2.05, 4.69) is 33.5 Å². The topological polar surface area (TPSA) is 50.4 Å². The number of nitrogens with one attached hydrogen (secondary N) is 2. The van der Waals surface area contributed by atoms with E-state index in [1.165, 1.54) is 0 Å². The Kier molecular flexibility index (Phi) is 6.68. The number of ether oxygens (including phenoxy) is 1. The first-order valence-corrected chi connectivity index (χ1v) is 7.95. The summed E-state index contributed by atoms with van der Waals surface area (Å²) in [6.07, 6.45) is 0. The van der Waals surface area contributed by atoms with Crippen LogP contribution in [0.15, 0.2) is 16.6 Å². The van der Waals surface area contributed by atoms with Crippen LogP contribution in [0.5, 0.6) is 5.75 Å². The molecule has 118 valence electrons. The van der Waals surface area contributed by atoms with Gasteiger partial charge in [-0.2, -0.15) is 0 Å². The van der Waals surface area contributed by atoms with Crippen LogP contribution in [-0.2, 0) is 11.3 Å². The second kappa shape index (κ2) is 7.80. The molecule has 0 saturated heterocycles. The molecule has 21 heavy (non-hydrogen) atoms. The Hall–Kier alpha value is -1.07. The molecule has 1 aromatic rings. The van der Waals surface area contributed by atoms with E-state index in [0.717, 1.165) is 27.9 Å². The van der Waals surface area contributed by atoms with Crippen molar-refractivity contribution in [2.24, 2.45) is 0 Å². The summed E-state index contributed by atoms with van der Waals surface area (Å²) in [5.41, 5.74) is 1.81. The van der Waals surface area contributed by atoms with Crippen LogP contribution in [0.4, 0.5) is 0 Å². The van der Waals surface area contributed by atoms with Crippen LogP contribution in [0.1, 0.15) is 38.8 Å². The number of carbonyl (C=O) groups excluding carboxylic acids is 1. The van der Waals surface area contributed by atoms with Crippen LogP contribution < -0.4 is 15.4 Å². The molecule has 5 heteroatoms. The molecule has 0 radical (unpaired) electrons. The minimum absolute atomic E-state index is 0.0267.